The third-order valence-corrected chi connectivity index (χ3v) is 9.28. The Balaban J connectivity index is 1.45. The lowest BCUT2D eigenvalue weighted by atomic mass is 9.76. The normalized spacial score (nSPS) is 21.0. The molecular formula is C33H32BN3O2S. The number of benzene rings is 3. The Morgan fingerprint density at radius 2 is 1.65 bits per heavy atom. The molecule has 3 unspecified atom stereocenters. The Morgan fingerprint density at radius 1 is 0.925 bits per heavy atom. The van der Waals surface area contributed by atoms with Crippen molar-refractivity contribution in [2.45, 2.75) is 51.0 Å². The van der Waals surface area contributed by atoms with Crippen LogP contribution in [0.3, 0.4) is 0 Å². The molecule has 3 aromatic carbocycles. The van der Waals surface area contributed by atoms with E-state index in [4.69, 9.17) is 17.8 Å². The van der Waals surface area contributed by atoms with Crippen LogP contribution in [0, 0.1) is 5.92 Å². The van der Waals surface area contributed by atoms with Crippen molar-refractivity contribution in [1.82, 2.24) is 5.32 Å². The van der Waals surface area contributed by atoms with Gasteiger partial charge in [0, 0.05) is 43.6 Å². The fourth-order valence-electron chi connectivity index (χ4n) is 5.33. The number of nitrogens with one attached hydrogen (secondary N) is 1. The first-order valence-electron chi connectivity index (χ1n) is 13.6. The minimum absolute atomic E-state index is 0.0819. The lowest BCUT2D eigenvalue weighted by Gasteiger charge is -2.39. The molecule has 0 amide bonds. The van der Waals surface area contributed by atoms with Crippen molar-refractivity contribution in [1.29, 1.82) is 0 Å². The topological polar surface area (TPSA) is 77.2 Å². The van der Waals surface area contributed by atoms with Crippen molar-refractivity contribution < 1.29 is 10.2 Å². The van der Waals surface area contributed by atoms with E-state index in [-0.39, 0.29) is 5.92 Å². The lowest BCUT2D eigenvalue weighted by molar-refractivity contribution is -0.119. The predicted octanol–water partition coefficient (Wildman–Crippen LogP) is 5.39. The molecule has 0 saturated heterocycles. The number of hydrogen-bond acceptors (Lipinski definition) is 6. The SMILES string of the molecule is [B]c1cc2sc3ccccc3c2cc1C1=NC(C2CC=CC=C2CC(C)(O)C(C)(C)O)N=C(c2ccccc2)N1. The van der Waals surface area contributed by atoms with Crippen LogP contribution in [0.2, 0.25) is 0 Å². The van der Waals surface area contributed by atoms with Gasteiger partial charge in [0.2, 0.25) is 0 Å². The molecule has 40 heavy (non-hydrogen) atoms. The van der Waals surface area contributed by atoms with E-state index in [1.807, 2.05) is 48.6 Å². The maximum absolute atomic E-state index is 11.2. The molecule has 2 radical (unpaired) electrons. The van der Waals surface area contributed by atoms with Crippen molar-refractivity contribution in [2.75, 3.05) is 0 Å². The molecule has 6 rings (SSSR count). The van der Waals surface area contributed by atoms with Crippen LogP contribution in [-0.4, -0.2) is 47.1 Å². The summed E-state index contributed by atoms with van der Waals surface area (Å²) < 4.78 is 2.36. The molecule has 4 aromatic rings. The number of aliphatic imine (C=N–C) groups is 2. The van der Waals surface area contributed by atoms with Crippen molar-refractivity contribution in [3.63, 3.8) is 0 Å². The smallest absolute Gasteiger partial charge is 0.151 e. The summed E-state index contributed by atoms with van der Waals surface area (Å²) in [5, 5.41) is 27.7. The van der Waals surface area contributed by atoms with Gasteiger partial charge in [-0.3, -0.25) is 0 Å². The average molecular weight is 546 g/mol. The van der Waals surface area contributed by atoms with E-state index >= 15 is 0 Å². The van der Waals surface area contributed by atoms with Crippen LogP contribution in [0.15, 0.2) is 101 Å². The molecule has 0 spiro atoms. The number of nitrogens with zero attached hydrogens (tertiary/aromatic N) is 2. The second-order valence-electron chi connectivity index (χ2n) is 11.4. The molecule has 0 bridgehead atoms. The third kappa shape index (κ3) is 4.94. The Bertz CT molecular complexity index is 1710. The fourth-order valence-corrected chi connectivity index (χ4v) is 6.47. The Morgan fingerprint density at radius 3 is 2.42 bits per heavy atom. The summed E-state index contributed by atoms with van der Waals surface area (Å²) in [5.74, 6) is 1.33. The van der Waals surface area contributed by atoms with Gasteiger partial charge in [-0.25, -0.2) is 9.98 Å². The summed E-state index contributed by atoms with van der Waals surface area (Å²) >= 11 is 1.74. The summed E-state index contributed by atoms with van der Waals surface area (Å²) in [7, 11) is 6.67. The highest BCUT2D eigenvalue weighted by Gasteiger charge is 2.41. The molecule has 1 aliphatic heterocycles. The largest absolute Gasteiger partial charge is 0.387 e. The van der Waals surface area contributed by atoms with Gasteiger partial charge >= 0.3 is 0 Å². The molecule has 2 heterocycles. The van der Waals surface area contributed by atoms with Crippen LogP contribution in [-0.2, 0) is 0 Å². The van der Waals surface area contributed by atoms with Crippen LogP contribution in [0.4, 0.5) is 0 Å². The molecule has 7 heteroatoms. The van der Waals surface area contributed by atoms with Crippen LogP contribution in [0.25, 0.3) is 20.2 Å². The van der Waals surface area contributed by atoms with Gasteiger partial charge in [-0.1, -0.05) is 83.9 Å². The molecule has 3 N–H and O–H groups in total. The van der Waals surface area contributed by atoms with E-state index in [1.54, 1.807) is 32.1 Å². The molecular weight excluding hydrogens is 513 g/mol. The summed E-state index contributed by atoms with van der Waals surface area (Å²) in [4.78, 5) is 10.2. The number of hydrogen-bond donors (Lipinski definition) is 3. The van der Waals surface area contributed by atoms with Gasteiger partial charge in [0.15, 0.2) is 6.17 Å². The summed E-state index contributed by atoms with van der Waals surface area (Å²) in [5.41, 5.74) is 0.873. The van der Waals surface area contributed by atoms with E-state index < -0.39 is 17.4 Å². The highest BCUT2D eigenvalue weighted by molar-refractivity contribution is 7.25. The quantitative estimate of drug-likeness (QED) is 0.285. The van der Waals surface area contributed by atoms with Crippen molar-refractivity contribution >= 4 is 56.5 Å². The van der Waals surface area contributed by atoms with Gasteiger partial charge < -0.3 is 15.5 Å². The number of allylic oxidation sites excluding steroid dienone is 3. The van der Waals surface area contributed by atoms with E-state index in [0.29, 0.717) is 17.7 Å². The average Bonchev–Trinajstić information content (AvgIpc) is 3.29. The standard InChI is InChI=1S/C33H32BN3O2S/c1-32(2,38)33(3,39)19-21-13-7-8-14-22(21)30-35-29(20-11-5-4-6-12-20)36-31(37-30)25-17-24-23-15-9-10-16-27(23)40-28(24)18-26(25)34/h4-13,15-18,22,30,38-39H,14,19H2,1-3H3,(H,35,36,37). The second-order valence-corrected chi connectivity index (χ2v) is 12.5. The monoisotopic (exact) mass is 545 g/mol. The first-order valence-corrected chi connectivity index (χ1v) is 14.4. The molecule has 2 aliphatic rings. The first-order chi connectivity index (χ1) is 19.1. The van der Waals surface area contributed by atoms with Gasteiger partial charge in [-0.05, 0) is 39.3 Å². The first kappa shape index (κ1) is 26.7. The van der Waals surface area contributed by atoms with Crippen molar-refractivity contribution in [3.8, 4) is 0 Å². The van der Waals surface area contributed by atoms with E-state index in [1.165, 1.54) is 10.1 Å². The molecule has 1 aromatic heterocycles. The second kappa shape index (κ2) is 10.1. The molecule has 0 fully saturated rings. The maximum atomic E-state index is 11.2. The summed E-state index contributed by atoms with van der Waals surface area (Å²) in [6.07, 6.45) is 6.75. The van der Waals surface area contributed by atoms with Gasteiger partial charge in [-0.2, -0.15) is 0 Å². The number of thiophene rings is 1. The van der Waals surface area contributed by atoms with Gasteiger partial charge in [0.1, 0.15) is 19.5 Å². The highest BCUT2D eigenvalue weighted by atomic mass is 32.1. The van der Waals surface area contributed by atoms with Crippen LogP contribution in [0.1, 0.15) is 44.7 Å². The minimum Gasteiger partial charge on any atom is -0.387 e. The van der Waals surface area contributed by atoms with Crippen LogP contribution in [0.5, 0.6) is 0 Å². The zero-order chi connectivity index (χ0) is 28.1. The van der Waals surface area contributed by atoms with Crippen molar-refractivity contribution in [2.24, 2.45) is 15.9 Å². The Kier molecular flexibility index (Phi) is 6.77. The van der Waals surface area contributed by atoms with Gasteiger partial charge in [-0.15, -0.1) is 11.3 Å². The number of rotatable bonds is 6. The van der Waals surface area contributed by atoms with E-state index in [0.717, 1.165) is 39.0 Å². The Hall–Kier alpha value is -3.52. The van der Waals surface area contributed by atoms with E-state index in [2.05, 4.69) is 41.7 Å². The molecule has 5 nitrogen and oxygen atoms in total. The summed E-state index contributed by atoms with van der Waals surface area (Å²) in [6, 6.07) is 22.6. The van der Waals surface area contributed by atoms with Crippen LogP contribution < -0.4 is 10.8 Å². The third-order valence-electron chi connectivity index (χ3n) is 8.15. The number of aliphatic hydroxyl groups is 2. The zero-order valence-electron chi connectivity index (χ0n) is 22.9. The predicted molar refractivity (Wildman–Crippen MR) is 168 cm³/mol. The molecule has 1 aliphatic carbocycles. The number of fused-ring (bicyclic) bond motifs is 3. The van der Waals surface area contributed by atoms with Gasteiger partial charge in [0.25, 0.3) is 0 Å². The summed E-state index contributed by atoms with van der Waals surface area (Å²) in [6.45, 7) is 4.96. The molecule has 200 valence electrons. The van der Waals surface area contributed by atoms with Gasteiger partial charge in [0.05, 0.1) is 11.2 Å². The lowest BCUT2D eigenvalue weighted by Crippen LogP contribution is -2.48. The molecule has 3 atom stereocenters. The maximum Gasteiger partial charge on any atom is 0.151 e. The van der Waals surface area contributed by atoms with E-state index in [9.17, 15) is 10.2 Å². The fraction of sp³-hybridized carbons (Fsp3) is 0.273. The highest BCUT2D eigenvalue weighted by Crippen LogP contribution is 2.38. The zero-order valence-corrected chi connectivity index (χ0v) is 23.7. The minimum atomic E-state index is -1.32. The van der Waals surface area contributed by atoms with Crippen molar-refractivity contribution in [3.05, 3.63) is 102 Å². The Labute approximate surface area is 240 Å². The number of amidine groups is 2. The van der Waals surface area contributed by atoms with Crippen LogP contribution >= 0.6 is 11.3 Å². The molecule has 0 saturated carbocycles.